The van der Waals surface area contributed by atoms with E-state index in [0.29, 0.717) is 39.5 Å². The third-order valence-corrected chi connectivity index (χ3v) is 3.62. The molecule has 0 atom stereocenters. The van der Waals surface area contributed by atoms with E-state index in [2.05, 4.69) is 10.1 Å². The molecule has 0 aliphatic rings. The Morgan fingerprint density at radius 1 is 1.04 bits per heavy atom. The van der Waals surface area contributed by atoms with E-state index >= 15 is 0 Å². The van der Waals surface area contributed by atoms with Crippen molar-refractivity contribution in [1.82, 2.24) is 10.1 Å². The molecule has 3 rings (SSSR count). The summed E-state index contributed by atoms with van der Waals surface area (Å²) >= 11 is 6.04. The molecule has 1 aromatic heterocycles. The van der Waals surface area contributed by atoms with Crippen molar-refractivity contribution < 1.29 is 18.7 Å². The van der Waals surface area contributed by atoms with Crippen LogP contribution in [0.3, 0.4) is 0 Å². The molecular formula is C17H15ClN2O4. The number of nitrogens with zero attached hydrogens (tertiary/aromatic N) is 2. The molecule has 0 fully saturated rings. The van der Waals surface area contributed by atoms with Crippen molar-refractivity contribution >= 4 is 11.6 Å². The monoisotopic (exact) mass is 346 g/mol. The quantitative estimate of drug-likeness (QED) is 0.672. The molecule has 1 heterocycles. The Hall–Kier alpha value is -2.73. The van der Waals surface area contributed by atoms with E-state index in [1.54, 1.807) is 44.6 Å². The van der Waals surface area contributed by atoms with Crippen LogP contribution in [0, 0.1) is 0 Å². The fourth-order valence-electron chi connectivity index (χ4n) is 2.11. The Balaban J connectivity index is 1.77. The second kappa shape index (κ2) is 7.23. The van der Waals surface area contributed by atoms with Crippen molar-refractivity contribution in [3.8, 4) is 28.6 Å². The van der Waals surface area contributed by atoms with Crippen LogP contribution in [-0.4, -0.2) is 24.4 Å². The minimum absolute atomic E-state index is 0.120. The Morgan fingerprint density at radius 3 is 2.62 bits per heavy atom. The van der Waals surface area contributed by atoms with Gasteiger partial charge in [0.1, 0.15) is 17.2 Å². The molecule has 6 nitrogen and oxygen atoms in total. The molecule has 24 heavy (non-hydrogen) atoms. The summed E-state index contributed by atoms with van der Waals surface area (Å²) in [7, 11) is 3.16. The molecular weight excluding hydrogens is 332 g/mol. The van der Waals surface area contributed by atoms with Crippen molar-refractivity contribution in [1.29, 1.82) is 0 Å². The maximum absolute atomic E-state index is 6.04. The van der Waals surface area contributed by atoms with Gasteiger partial charge in [0.05, 0.1) is 24.8 Å². The minimum atomic E-state index is 0.120. The predicted molar refractivity (Wildman–Crippen MR) is 88.6 cm³/mol. The van der Waals surface area contributed by atoms with Gasteiger partial charge in [-0.2, -0.15) is 4.98 Å². The number of rotatable bonds is 6. The molecule has 0 aliphatic heterocycles. The molecule has 124 valence electrons. The Morgan fingerprint density at radius 2 is 1.88 bits per heavy atom. The van der Waals surface area contributed by atoms with Crippen LogP contribution in [0.25, 0.3) is 11.4 Å². The van der Waals surface area contributed by atoms with Crippen molar-refractivity contribution in [2.75, 3.05) is 14.2 Å². The molecule has 7 heteroatoms. The molecule has 0 unspecified atom stereocenters. The molecule has 2 aromatic carbocycles. The summed E-state index contributed by atoms with van der Waals surface area (Å²) in [5.74, 6) is 2.58. The summed E-state index contributed by atoms with van der Waals surface area (Å²) in [5.41, 5.74) is 0.700. The highest BCUT2D eigenvalue weighted by atomic mass is 35.5. The smallest absolute Gasteiger partial charge is 0.264 e. The van der Waals surface area contributed by atoms with Crippen molar-refractivity contribution in [3.05, 3.63) is 53.4 Å². The molecule has 0 saturated carbocycles. The van der Waals surface area contributed by atoms with Gasteiger partial charge in [-0.3, -0.25) is 0 Å². The Labute approximate surface area is 143 Å². The third kappa shape index (κ3) is 3.44. The van der Waals surface area contributed by atoms with Crippen LogP contribution < -0.4 is 14.2 Å². The highest BCUT2D eigenvalue weighted by Gasteiger charge is 2.15. The van der Waals surface area contributed by atoms with E-state index in [0.717, 1.165) is 0 Å². The zero-order valence-electron chi connectivity index (χ0n) is 13.2. The average molecular weight is 347 g/mol. The summed E-state index contributed by atoms with van der Waals surface area (Å²) < 4.78 is 21.3. The van der Waals surface area contributed by atoms with Crippen LogP contribution >= 0.6 is 11.6 Å². The normalized spacial score (nSPS) is 10.5. The Bertz CT molecular complexity index is 835. The highest BCUT2D eigenvalue weighted by molar-refractivity contribution is 6.32. The largest absolute Gasteiger partial charge is 0.497 e. The zero-order chi connectivity index (χ0) is 16.9. The first-order chi connectivity index (χ1) is 11.7. The van der Waals surface area contributed by atoms with Crippen LogP contribution in [0.1, 0.15) is 5.89 Å². The second-order valence-electron chi connectivity index (χ2n) is 4.80. The number of halogens is 1. The van der Waals surface area contributed by atoms with Gasteiger partial charge in [0.25, 0.3) is 5.89 Å². The van der Waals surface area contributed by atoms with Crippen molar-refractivity contribution in [2.45, 2.75) is 6.61 Å². The number of methoxy groups -OCH3 is 2. The summed E-state index contributed by atoms with van der Waals surface area (Å²) in [6.07, 6.45) is 0. The molecule has 0 bridgehead atoms. The van der Waals surface area contributed by atoms with Gasteiger partial charge in [-0.1, -0.05) is 28.9 Å². The standard InChI is InChI=1S/C17H15ClN2O4/c1-21-11-7-8-12(15(9-11)22-2)17-19-16(24-20-17)10-23-14-6-4-3-5-13(14)18/h3-9H,10H2,1-2H3. The molecule has 0 radical (unpaired) electrons. The van der Waals surface area contributed by atoms with Gasteiger partial charge in [0, 0.05) is 6.07 Å². The first-order valence-electron chi connectivity index (χ1n) is 7.13. The average Bonchev–Trinajstić information content (AvgIpc) is 3.09. The van der Waals surface area contributed by atoms with E-state index in [4.69, 9.17) is 30.3 Å². The van der Waals surface area contributed by atoms with Crippen LogP contribution in [0.2, 0.25) is 5.02 Å². The van der Waals surface area contributed by atoms with Crippen molar-refractivity contribution in [3.63, 3.8) is 0 Å². The maximum Gasteiger partial charge on any atom is 0.264 e. The molecule has 0 N–H and O–H groups in total. The number of benzene rings is 2. The number of aromatic nitrogens is 2. The van der Waals surface area contributed by atoms with Crippen molar-refractivity contribution in [2.24, 2.45) is 0 Å². The van der Waals surface area contributed by atoms with Gasteiger partial charge in [-0.05, 0) is 24.3 Å². The lowest BCUT2D eigenvalue weighted by molar-refractivity contribution is 0.243. The molecule has 0 aliphatic carbocycles. The summed E-state index contributed by atoms with van der Waals surface area (Å²) in [5, 5.41) is 4.49. The highest BCUT2D eigenvalue weighted by Crippen LogP contribution is 2.31. The number of hydrogen-bond acceptors (Lipinski definition) is 6. The predicted octanol–water partition coefficient (Wildman–Crippen LogP) is 3.99. The Kier molecular flexibility index (Phi) is 4.86. The van der Waals surface area contributed by atoms with Gasteiger partial charge in [-0.15, -0.1) is 0 Å². The third-order valence-electron chi connectivity index (χ3n) is 3.31. The van der Waals surface area contributed by atoms with Crippen LogP contribution in [-0.2, 0) is 6.61 Å². The van der Waals surface area contributed by atoms with E-state index in [1.165, 1.54) is 0 Å². The van der Waals surface area contributed by atoms with Crippen LogP contribution in [0.15, 0.2) is 47.0 Å². The first-order valence-corrected chi connectivity index (χ1v) is 7.51. The first kappa shape index (κ1) is 16.1. The molecule has 0 amide bonds. The van der Waals surface area contributed by atoms with Crippen LogP contribution in [0.5, 0.6) is 17.2 Å². The minimum Gasteiger partial charge on any atom is -0.497 e. The van der Waals surface area contributed by atoms with Gasteiger partial charge in [-0.25, -0.2) is 0 Å². The SMILES string of the molecule is COc1ccc(-c2noc(COc3ccccc3Cl)n2)c(OC)c1. The van der Waals surface area contributed by atoms with E-state index in [-0.39, 0.29) is 6.61 Å². The lowest BCUT2D eigenvalue weighted by Crippen LogP contribution is -1.96. The molecule has 0 spiro atoms. The maximum atomic E-state index is 6.04. The molecule has 3 aromatic rings. The lowest BCUT2D eigenvalue weighted by Gasteiger charge is -2.07. The lowest BCUT2D eigenvalue weighted by atomic mass is 10.2. The topological polar surface area (TPSA) is 66.6 Å². The fourth-order valence-corrected chi connectivity index (χ4v) is 2.30. The number of ether oxygens (including phenoxy) is 3. The number of para-hydroxylation sites is 1. The molecule has 0 saturated heterocycles. The summed E-state index contributed by atoms with van der Waals surface area (Å²) in [4.78, 5) is 4.32. The summed E-state index contributed by atoms with van der Waals surface area (Å²) in [6.45, 7) is 0.120. The zero-order valence-corrected chi connectivity index (χ0v) is 13.9. The number of hydrogen-bond donors (Lipinski definition) is 0. The van der Waals surface area contributed by atoms with E-state index in [9.17, 15) is 0 Å². The fraction of sp³-hybridized carbons (Fsp3) is 0.176. The van der Waals surface area contributed by atoms with Gasteiger partial charge in [0.2, 0.25) is 5.82 Å². The van der Waals surface area contributed by atoms with Crippen LogP contribution in [0.4, 0.5) is 0 Å². The van der Waals surface area contributed by atoms with E-state index in [1.807, 2.05) is 12.1 Å². The summed E-state index contributed by atoms with van der Waals surface area (Å²) in [6, 6.07) is 12.5. The second-order valence-corrected chi connectivity index (χ2v) is 5.20. The van der Waals surface area contributed by atoms with Gasteiger partial charge >= 0.3 is 0 Å². The van der Waals surface area contributed by atoms with Gasteiger partial charge < -0.3 is 18.7 Å². The van der Waals surface area contributed by atoms with E-state index < -0.39 is 0 Å². The van der Waals surface area contributed by atoms with Gasteiger partial charge in [0.15, 0.2) is 6.61 Å².